The molecular formula is C21H39N3O2. The Bertz CT molecular complexity index is 429. The van der Waals surface area contributed by atoms with Crippen molar-refractivity contribution in [3.63, 3.8) is 0 Å². The molecule has 2 aliphatic heterocycles. The zero-order chi connectivity index (χ0) is 18.2. The number of hydrogen-bond donors (Lipinski definition) is 1. The zero-order valence-corrected chi connectivity index (χ0v) is 16.9. The summed E-state index contributed by atoms with van der Waals surface area (Å²) in [7, 11) is 1.91. The minimum absolute atomic E-state index is 0.327. The van der Waals surface area contributed by atoms with Crippen molar-refractivity contribution in [3.8, 4) is 0 Å². The van der Waals surface area contributed by atoms with Crippen LogP contribution in [0.3, 0.4) is 0 Å². The molecule has 0 spiro atoms. The Morgan fingerprint density at radius 1 is 1.08 bits per heavy atom. The quantitative estimate of drug-likeness (QED) is 0.599. The minimum Gasteiger partial charge on any atom is -0.376 e. The number of nitrogens with one attached hydrogen (secondary N) is 1. The molecule has 1 saturated carbocycles. The molecule has 3 fully saturated rings. The van der Waals surface area contributed by atoms with Crippen molar-refractivity contribution in [2.45, 2.75) is 76.9 Å². The maximum Gasteiger partial charge on any atom is 0.193 e. The van der Waals surface area contributed by atoms with E-state index in [1.165, 1.54) is 38.5 Å². The summed E-state index contributed by atoms with van der Waals surface area (Å²) in [6.07, 6.45) is 12.1. The fourth-order valence-electron chi connectivity index (χ4n) is 4.67. The first-order chi connectivity index (χ1) is 12.8. The van der Waals surface area contributed by atoms with Gasteiger partial charge in [0.25, 0.3) is 0 Å². The Morgan fingerprint density at radius 2 is 1.85 bits per heavy atom. The van der Waals surface area contributed by atoms with Gasteiger partial charge in [0.1, 0.15) is 0 Å². The monoisotopic (exact) mass is 365 g/mol. The number of ether oxygens (including phenoxy) is 2. The van der Waals surface area contributed by atoms with E-state index in [9.17, 15) is 0 Å². The van der Waals surface area contributed by atoms with Gasteiger partial charge in [-0.15, -0.1) is 0 Å². The molecule has 1 N–H and O–H groups in total. The van der Waals surface area contributed by atoms with Crippen LogP contribution in [0.15, 0.2) is 4.99 Å². The molecule has 0 aromatic heterocycles. The number of nitrogens with zero attached hydrogens (tertiary/aromatic N) is 2. The smallest absolute Gasteiger partial charge is 0.193 e. The largest absolute Gasteiger partial charge is 0.376 e. The topological polar surface area (TPSA) is 46.1 Å². The summed E-state index contributed by atoms with van der Waals surface area (Å²) in [6.45, 7) is 7.24. The molecule has 3 atom stereocenters. The fourth-order valence-corrected chi connectivity index (χ4v) is 4.67. The summed E-state index contributed by atoms with van der Waals surface area (Å²) >= 11 is 0. The lowest BCUT2D eigenvalue weighted by Crippen LogP contribution is -2.48. The zero-order valence-electron chi connectivity index (χ0n) is 16.9. The number of rotatable bonds is 5. The summed E-state index contributed by atoms with van der Waals surface area (Å²) in [5.74, 6) is 2.73. The molecule has 0 aromatic rings. The molecule has 2 heterocycles. The van der Waals surface area contributed by atoms with Crippen molar-refractivity contribution in [1.82, 2.24) is 10.2 Å². The summed E-state index contributed by atoms with van der Waals surface area (Å²) < 4.78 is 11.9. The lowest BCUT2D eigenvalue weighted by molar-refractivity contribution is -0.0721. The van der Waals surface area contributed by atoms with Crippen LogP contribution in [0, 0.1) is 11.8 Å². The number of aliphatic imine (C=N–C) groups is 1. The Morgan fingerprint density at radius 3 is 2.54 bits per heavy atom. The molecule has 3 unspecified atom stereocenters. The van der Waals surface area contributed by atoms with E-state index in [0.29, 0.717) is 12.2 Å². The summed E-state index contributed by atoms with van der Waals surface area (Å²) in [4.78, 5) is 6.94. The van der Waals surface area contributed by atoms with Crippen LogP contribution in [0.2, 0.25) is 0 Å². The van der Waals surface area contributed by atoms with Crippen molar-refractivity contribution in [2.24, 2.45) is 16.8 Å². The maximum atomic E-state index is 6.14. The third kappa shape index (κ3) is 5.85. The van der Waals surface area contributed by atoms with E-state index < -0.39 is 0 Å². The van der Waals surface area contributed by atoms with Crippen LogP contribution in [0.25, 0.3) is 0 Å². The van der Waals surface area contributed by atoms with Gasteiger partial charge in [0.05, 0.1) is 18.8 Å². The van der Waals surface area contributed by atoms with Crippen LogP contribution in [-0.4, -0.2) is 63.0 Å². The second kappa shape index (κ2) is 10.5. The highest BCUT2D eigenvalue weighted by Crippen LogP contribution is 2.29. The Labute approximate surface area is 159 Å². The van der Waals surface area contributed by atoms with Gasteiger partial charge >= 0.3 is 0 Å². The molecule has 5 heteroatoms. The average molecular weight is 366 g/mol. The molecular weight excluding hydrogens is 326 g/mol. The van der Waals surface area contributed by atoms with Gasteiger partial charge in [-0.2, -0.15) is 0 Å². The van der Waals surface area contributed by atoms with E-state index in [1.807, 2.05) is 7.05 Å². The lowest BCUT2D eigenvalue weighted by atomic mass is 9.80. The number of hydrogen-bond acceptors (Lipinski definition) is 3. The molecule has 0 radical (unpaired) electrons. The van der Waals surface area contributed by atoms with Gasteiger partial charge in [0.2, 0.25) is 0 Å². The van der Waals surface area contributed by atoms with E-state index in [-0.39, 0.29) is 0 Å². The highest BCUT2D eigenvalue weighted by Gasteiger charge is 2.25. The molecule has 26 heavy (non-hydrogen) atoms. The molecule has 150 valence electrons. The maximum absolute atomic E-state index is 6.14. The van der Waals surface area contributed by atoms with Crippen molar-refractivity contribution in [2.75, 3.05) is 39.9 Å². The molecule has 3 aliphatic rings. The molecule has 0 bridgehead atoms. The highest BCUT2D eigenvalue weighted by atomic mass is 16.5. The SMILES string of the molecule is CN=C(NCC1CCCCC1C)N1CCC(OCC2CCCCO2)CC1. The van der Waals surface area contributed by atoms with Gasteiger partial charge in [-0.05, 0) is 50.4 Å². The second-order valence-electron chi connectivity index (χ2n) is 8.46. The number of piperidine rings is 1. The minimum atomic E-state index is 0.327. The molecule has 1 aliphatic carbocycles. The number of likely N-dealkylation sites (tertiary alicyclic amines) is 1. The van der Waals surface area contributed by atoms with Gasteiger partial charge in [-0.1, -0.05) is 26.2 Å². The van der Waals surface area contributed by atoms with Gasteiger partial charge in [-0.3, -0.25) is 4.99 Å². The molecule has 0 aromatic carbocycles. The third-order valence-electron chi connectivity index (χ3n) is 6.56. The van der Waals surface area contributed by atoms with Crippen LogP contribution >= 0.6 is 0 Å². The first kappa shape index (κ1) is 19.9. The van der Waals surface area contributed by atoms with E-state index >= 15 is 0 Å². The predicted octanol–water partition coefficient (Wildman–Crippen LogP) is 3.44. The Balaban J connectivity index is 1.35. The van der Waals surface area contributed by atoms with Crippen LogP contribution in [-0.2, 0) is 9.47 Å². The molecule has 3 rings (SSSR count). The van der Waals surface area contributed by atoms with Crippen LogP contribution in [0.4, 0.5) is 0 Å². The standard InChI is InChI=1S/C21H39N3O2/c1-17-7-3-4-8-18(17)15-23-21(22-2)24-12-10-19(11-13-24)26-16-20-9-5-6-14-25-20/h17-20H,3-16H2,1-2H3,(H,22,23). The first-order valence-corrected chi connectivity index (χ1v) is 10.9. The van der Waals surface area contributed by atoms with Crippen molar-refractivity contribution < 1.29 is 9.47 Å². The molecule has 0 amide bonds. The van der Waals surface area contributed by atoms with Gasteiger partial charge < -0.3 is 19.7 Å². The van der Waals surface area contributed by atoms with Crippen LogP contribution in [0.5, 0.6) is 0 Å². The summed E-state index contributed by atoms with van der Waals surface area (Å²) in [5, 5.41) is 3.65. The molecule has 2 saturated heterocycles. The Hall–Kier alpha value is -0.810. The van der Waals surface area contributed by atoms with E-state index in [1.54, 1.807) is 0 Å². The summed E-state index contributed by atoms with van der Waals surface area (Å²) in [6, 6.07) is 0. The van der Waals surface area contributed by atoms with Crippen molar-refractivity contribution >= 4 is 5.96 Å². The average Bonchev–Trinajstić information content (AvgIpc) is 2.70. The normalized spacial score (nSPS) is 31.8. The van der Waals surface area contributed by atoms with Gasteiger partial charge in [-0.25, -0.2) is 0 Å². The summed E-state index contributed by atoms with van der Waals surface area (Å²) in [5.41, 5.74) is 0. The van der Waals surface area contributed by atoms with Gasteiger partial charge in [0.15, 0.2) is 5.96 Å². The molecule has 5 nitrogen and oxygen atoms in total. The fraction of sp³-hybridized carbons (Fsp3) is 0.952. The van der Waals surface area contributed by atoms with Crippen molar-refractivity contribution in [1.29, 1.82) is 0 Å². The Kier molecular flexibility index (Phi) is 8.06. The van der Waals surface area contributed by atoms with E-state index in [2.05, 4.69) is 22.1 Å². The lowest BCUT2D eigenvalue weighted by Gasteiger charge is -2.36. The van der Waals surface area contributed by atoms with Crippen molar-refractivity contribution in [3.05, 3.63) is 0 Å². The predicted molar refractivity (Wildman–Crippen MR) is 107 cm³/mol. The van der Waals surface area contributed by atoms with E-state index in [0.717, 1.165) is 69.9 Å². The first-order valence-electron chi connectivity index (χ1n) is 10.9. The van der Waals surface area contributed by atoms with Gasteiger partial charge in [0, 0.05) is 33.3 Å². The highest BCUT2D eigenvalue weighted by molar-refractivity contribution is 5.79. The van der Waals surface area contributed by atoms with Crippen LogP contribution < -0.4 is 5.32 Å². The number of guanidine groups is 1. The van der Waals surface area contributed by atoms with Crippen LogP contribution in [0.1, 0.15) is 64.7 Å². The third-order valence-corrected chi connectivity index (χ3v) is 6.56. The van der Waals surface area contributed by atoms with E-state index in [4.69, 9.17) is 9.47 Å². The second-order valence-corrected chi connectivity index (χ2v) is 8.46.